The Kier molecular flexibility index (Phi) is 4.83. The van der Waals surface area contributed by atoms with Gasteiger partial charge in [-0.2, -0.15) is 0 Å². The molecule has 0 bridgehead atoms. The Hall–Kier alpha value is -1.51. The molecule has 19 heavy (non-hydrogen) atoms. The summed E-state index contributed by atoms with van der Waals surface area (Å²) >= 11 is 0. The molecule has 3 nitrogen and oxygen atoms in total. The predicted octanol–water partition coefficient (Wildman–Crippen LogP) is 3.95. The molecule has 1 heterocycles. The molecule has 1 aliphatic rings. The van der Waals surface area contributed by atoms with Crippen LogP contribution in [0.3, 0.4) is 0 Å². The lowest BCUT2D eigenvalue weighted by molar-refractivity contribution is -0.116. The van der Waals surface area contributed by atoms with Gasteiger partial charge in [0.1, 0.15) is 0 Å². The number of hydrogen-bond donors (Lipinski definition) is 2. The molecule has 0 spiro atoms. The zero-order valence-electron chi connectivity index (χ0n) is 12.0. The van der Waals surface area contributed by atoms with Crippen LogP contribution in [-0.4, -0.2) is 11.9 Å². The molecule has 3 heteroatoms. The van der Waals surface area contributed by atoms with E-state index in [1.165, 1.54) is 36.9 Å². The Morgan fingerprint density at radius 1 is 1.32 bits per heavy atom. The topological polar surface area (TPSA) is 41.1 Å². The summed E-state index contributed by atoms with van der Waals surface area (Å²) in [5.74, 6) is 0.126. The number of rotatable bonds is 6. The van der Waals surface area contributed by atoms with Crippen molar-refractivity contribution < 1.29 is 4.79 Å². The zero-order chi connectivity index (χ0) is 13.7. The van der Waals surface area contributed by atoms with Crippen LogP contribution in [0, 0.1) is 0 Å². The molecule has 1 aromatic carbocycles. The number of carbonyl (C=O) groups excluding carboxylic acids is 1. The second kappa shape index (κ2) is 6.60. The van der Waals surface area contributed by atoms with Gasteiger partial charge in [0.05, 0.1) is 0 Å². The standard InChI is InChI=1S/C16H24N2O/c1-3-4-5-6-12(2)17-14-8-9-15-13(11-14)7-10-16(19)18-15/h8-9,11-12,17H,3-7,10H2,1-2H3,(H,18,19). The number of amides is 1. The van der Waals surface area contributed by atoms with Gasteiger partial charge in [0, 0.05) is 23.8 Å². The van der Waals surface area contributed by atoms with Gasteiger partial charge in [0.25, 0.3) is 0 Å². The quantitative estimate of drug-likeness (QED) is 0.760. The van der Waals surface area contributed by atoms with E-state index in [9.17, 15) is 4.79 Å². The fourth-order valence-electron chi connectivity index (χ4n) is 2.53. The minimum Gasteiger partial charge on any atom is -0.383 e. The van der Waals surface area contributed by atoms with E-state index in [0.29, 0.717) is 12.5 Å². The maximum Gasteiger partial charge on any atom is 0.224 e. The van der Waals surface area contributed by atoms with Crippen LogP contribution in [0.5, 0.6) is 0 Å². The number of anilines is 2. The van der Waals surface area contributed by atoms with Gasteiger partial charge in [-0.25, -0.2) is 0 Å². The molecule has 1 aliphatic heterocycles. The summed E-state index contributed by atoms with van der Waals surface area (Å²) < 4.78 is 0. The smallest absolute Gasteiger partial charge is 0.224 e. The van der Waals surface area contributed by atoms with Crippen molar-refractivity contribution in [2.24, 2.45) is 0 Å². The number of carbonyl (C=O) groups is 1. The molecule has 0 saturated heterocycles. The van der Waals surface area contributed by atoms with Crippen LogP contribution in [0.4, 0.5) is 11.4 Å². The largest absolute Gasteiger partial charge is 0.383 e. The number of benzene rings is 1. The van der Waals surface area contributed by atoms with Crippen molar-refractivity contribution >= 4 is 17.3 Å². The zero-order valence-corrected chi connectivity index (χ0v) is 12.0. The second-order valence-electron chi connectivity index (χ2n) is 5.46. The summed E-state index contributed by atoms with van der Waals surface area (Å²) in [6.45, 7) is 4.47. The normalized spacial score (nSPS) is 15.6. The monoisotopic (exact) mass is 260 g/mol. The van der Waals surface area contributed by atoms with Crippen molar-refractivity contribution in [3.8, 4) is 0 Å². The highest BCUT2D eigenvalue weighted by Gasteiger charge is 2.14. The summed E-state index contributed by atoms with van der Waals surface area (Å²) in [5.41, 5.74) is 3.38. The van der Waals surface area contributed by atoms with Crippen molar-refractivity contribution in [3.63, 3.8) is 0 Å². The van der Waals surface area contributed by atoms with Gasteiger partial charge in [-0.1, -0.05) is 26.2 Å². The lowest BCUT2D eigenvalue weighted by atomic mass is 10.0. The summed E-state index contributed by atoms with van der Waals surface area (Å²) in [5, 5.41) is 6.46. The Labute approximate surface area is 115 Å². The number of unbranched alkanes of at least 4 members (excludes halogenated alkanes) is 2. The highest BCUT2D eigenvalue weighted by molar-refractivity contribution is 5.94. The molecule has 0 aliphatic carbocycles. The number of fused-ring (bicyclic) bond motifs is 1. The average Bonchev–Trinajstić information content (AvgIpc) is 2.39. The summed E-state index contributed by atoms with van der Waals surface area (Å²) in [6, 6.07) is 6.74. The average molecular weight is 260 g/mol. The first-order chi connectivity index (χ1) is 9.19. The number of nitrogens with one attached hydrogen (secondary N) is 2. The summed E-state index contributed by atoms with van der Waals surface area (Å²) in [6.07, 6.45) is 6.52. The highest BCUT2D eigenvalue weighted by Crippen LogP contribution is 2.26. The van der Waals surface area contributed by atoms with Crippen molar-refractivity contribution in [2.75, 3.05) is 10.6 Å². The van der Waals surface area contributed by atoms with Crippen molar-refractivity contribution in [1.82, 2.24) is 0 Å². The number of aryl methyl sites for hydroxylation is 1. The first-order valence-electron chi connectivity index (χ1n) is 7.38. The molecule has 0 saturated carbocycles. The van der Waals surface area contributed by atoms with E-state index in [4.69, 9.17) is 0 Å². The SMILES string of the molecule is CCCCCC(C)Nc1ccc2c(c1)CCC(=O)N2. The van der Waals surface area contributed by atoms with Crippen molar-refractivity contribution in [1.29, 1.82) is 0 Å². The van der Waals surface area contributed by atoms with E-state index in [2.05, 4.69) is 36.6 Å². The van der Waals surface area contributed by atoms with Crippen LogP contribution < -0.4 is 10.6 Å². The maximum absolute atomic E-state index is 11.3. The molecular weight excluding hydrogens is 236 g/mol. The molecule has 1 aromatic rings. The molecule has 104 valence electrons. The van der Waals surface area contributed by atoms with E-state index in [1.807, 2.05) is 6.07 Å². The molecular formula is C16H24N2O. The Bertz CT molecular complexity index is 442. The van der Waals surface area contributed by atoms with E-state index < -0.39 is 0 Å². The molecule has 1 amide bonds. The summed E-state index contributed by atoms with van der Waals surface area (Å²) in [4.78, 5) is 11.3. The van der Waals surface area contributed by atoms with Crippen molar-refractivity contribution in [2.45, 2.75) is 58.4 Å². The fourth-order valence-corrected chi connectivity index (χ4v) is 2.53. The van der Waals surface area contributed by atoms with E-state index >= 15 is 0 Å². The van der Waals surface area contributed by atoms with Gasteiger partial charge >= 0.3 is 0 Å². The first-order valence-corrected chi connectivity index (χ1v) is 7.38. The molecule has 2 rings (SSSR count). The van der Waals surface area contributed by atoms with Crippen LogP contribution in [0.15, 0.2) is 18.2 Å². The number of hydrogen-bond acceptors (Lipinski definition) is 2. The maximum atomic E-state index is 11.3. The van der Waals surface area contributed by atoms with E-state index in [-0.39, 0.29) is 5.91 Å². The van der Waals surface area contributed by atoms with E-state index in [0.717, 1.165) is 12.1 Å². The third-order valence-corrected chi connectivity index (χ3v) is 3.65. The third kappa shape index (κ3) is 3.98. The molecule has 1 unspecified atom stereocenters. The molecule has 0 fully saturated rings. The van der Waals surface area contributed by atoms with Gasteiger partial charge in [0.2, 0.25) is 5.91 Å². The second-order valence-corrected chi connectivity index (χ2v) is 5.46. The van der Waals surface area contributed by atoms with Crippen LogP contribution in [-0.2, 0) is 11.2 Å². The summed E-state index contributed by atoms with van der Waals surface area (Å²) in [7, 11) is 0. The third-order valence-electron chi connectivity index (χ3n) is 3.65. The van der Waals surface area contributed by atoms with Crippen LogP contribution in [0.25, 0.3) is 0 Å². The van der Waals surface area contributed by atoms with Gasteiger partial charge in [-0.15, -0.1) is 0 Å². The van der Waals surface area contributed by atoms with Gasteiger partial charge in [-0.05, 0) is 43.5 Å². The Balaban J connectivity index is 1.92. The van der Waals surface area contributed by atoms with Crippen LogP contribution in [0.1, 0.15) is 51.5 Å². The minimum absolute atomic E-state index is 0.126. The van der Waals surface area contributed by atoms with Gasteiger partial charge in [0.15, 0.2) is 0 Å². The molecule has 1 atom stereocenters. The van der Waals surface area contributed by atoms with Crippen LogP contribution >= 0.6 is 0 Å². The lowest BCUT2D eigenvalue weighted by Gasteiger charge is -2.20. The Morgan fingerprint density at radius 2 is 2.16 bits per heavy atom. The predicted molar refractivity (Wildman–Crippen MR) is 80.6 cm³/mol. The van der Waals surface area contributed by atoms with Gasteiger partial charge in [-0.3, -0.25) is 4.79 Å². The molecule has 0 aromatic heterocycles. The van der Waals surface area contributed by atoms with E-state index in [1.54, 1.807) is 0 Å². The van der Waals surface area contributed by atoms with Gasteiger partial charge < -0.3 is 10.6 Å². The molecule has 0 radical (unpaired) electrons. The lowest BCUT2D eigenvalue weighted by Crippen LogP contribution is -2.20. The van der Waals surface area contributed by atoms with Crippen molar-refractivity contribution in [3.05, 3.63) is 23.8 Å². The first kappa shape index (κ1) is 13.9. The minimum atomic E-state index is 0.126. The van der Waals surface area contributed by atoms with Crippen LogP contribution in [0.2, 0.25) is 0 Å². The Morgan fingerprint density at radius 3 is 2.95 bits per heavy atom. The fraction of sp³-hybridized carbons (Fsp3) is 0.562. The highest BCUT2D eigenvalue weighted by atomic mass is 16.1. The molecule has 2 N–H and O–H groups in total.